The Morgan fingerprint density at radius 1 is 1.44 bits per heavy atom. The third-order valence-electron chi connectivity index (χ3n) is 2.06. The largest absolute Gasteiger partial charge is 0.387 e. The van der Waals surface area contributed by atoms with Crippen LogP contribution in [-0.4, -0.2) is 29.1 Å². The number of amidine groups is 1. The maximum Gasteiger partial charge on any atom is 0.151 e. The van der Waals surface area contributed by atoms with E-state index >= 15 is 0 Å². The van der Waals surface area contributed by atoms with Crippen LogP contribution in [0.5, 0.6) is 0 Å². The van der Waals surface area contributed by atoms with Gasteiger partial charge in [-0.2, -0.15) is 0 Å². The fourth-order valence-electron chi connectivity index (χ4n) is 1.26. The summed E-state index contributed by atoms with van der Waals surface area (Å²) in [5.74, 6) is 0.747. The molecule has 0 saturated carbocycles. The lowest BCUT2D eigenvalue weighted by Crippen LogP contribution is -2.24. The van der Waals surface area contributed by atoms with Crippen LogP contribution in [0, 0.1) is 5.41 Å². The highest BCUT2D eigenvalue weighted by Crippen LogP contribution is 2.10. The summed E-state index contributed by atoms with van der Waals surface area (Å²) >= 11 is 1.30. The van der Waals surface area contributed by atoms with E-state index in [9.17, 15) is 5.11 Å². The molecule has 1 aromatic carbocycles. The molecular weight excluding hydrogens is 222 g/mol. The quantitative estimate of drug-likeness (QED) is 0.338. The Morgan fingerprint density at radius 3 is 2.75 bits per heavy atom. The van der Waals surface area contributed by atoms with E-state index < -0.39 is 6.10 Å². The molecule has 88 valence electrons. The molecule has 1 unspecified atom stereocenters. The van der Waals surface area contributed by atoms with Crippen LogP contribution < -0.4 is 11.1 Å². The first-order valence-corrected chi connectivity index (χ1v) is 6.09. The molecule has 0 aliphatic carbocycles. The first kappa shape index (κ1) is 13.0. The molecule has 0 aromatic heterocycles. The molecule has 0 saturated heterocycles. The number of hydrogen-bond acceptors (Lipinski definition) is 4. The Labute approximate surface area is 99.7 Å². The smallest absolute Gasteiger partial charge is 0.151 e. The number of nitrogens with two attached hydrogens (primary N) is 1. The van der Waals surface area contributed by atoms with E-state index in [1.165, 1.54) is 11.8 Å². The van der Waals surface area contributed by atoms with Crippen molar-refractivity contribution >= 4 is 16.9 Å². The lowest BCUT2D eigenvalue weighted by Gasteiger charge is -2.11. The predicted molar refractivity (Wildman–Crippen MR) is 68.6 cm³/mol. The Kier molecular flexibility index (Phi) is 5.92. The van der Waals surface area contributed by atoms with Gasteiger partial charge < -0.3 is 16.2 Å². The molecule has 0 fully saturated rings. The van der Waals surface area contributed by atoms with E-state index in [-0.39, 0.29) is 5.17 Å². The van der Waals surface area contributed by atoms with Crippen LogP contribution in [0.15, 0.2) is 30.3 Å². The second-order valence-electron chi connectivity index (χ2n) is 3.34. The first-order valence-electron chi connectivity index (χ1n) is 5.10. The molecule has 0 amide bonds. The van der Waals surface area contributed by atoms with Gasteiger partial charge in [0, 0.05) is 18.8 Å². The maximum absolute atomic E-state index is 9.79. The summed E-state index contributed by atoms with van der Waals surface area (Å²) in [4.78, 5) is 0. The number of nitrogens with one attached hydrogen (secondary N) is 2. The summed E-state index contributed by atoms with van der Waals surface area (Å²) in [6, 6.07) is 9.54. The Morgan fingerprint density at radius 2 is 2.12 bits per heavy atom. The lowest BCUT2D eigenvalue weighted by atomic mass is 10.1. The standard InChI is InChI=1S/C11H17N3OS/c12-11(13)16-7-6-14-8-10(15)9-4-2-1-3-5-9/h1-5,10,14-15H,6-8H2,(H3,12,13). The molecule has 0 radical (unpaired) electrons. The number of aliphatic hydroxyl groups excluding tert-OH is 1. The van der Waals surface area contributed by atoms with Gasteiger partial charge in [0.25, 0.3) is 0 Å². The molecule has 5 heteroatoms. The van der Waals surface area contributed by atoms with Gasteiger partial charge in [0.15, 0.2) is 5.17 Å². The van der Waals surface area contributed by atoms with E-state index in [1.807, 2.05) is 30.3 Å². The second-order valence-corrected chi connectivity index (χ2v) is 4.48. The molecule has 16 heavy (non-hydrogen) atoms. The molecule has 5 N–H and O–H groups in total. The monoisotopic (exact) mass is 239 g/mol. The van der Waals surface area contributed by atoms with Crippen LogP contribution >= 0.6 is 11.8 Å². The van der Waals surface area contributed by atoms with E-state index in [1.54, 1.807) is 0 Å². The van der Waals surface area contributed by atoms with Gasteiger partial charge in [-0.3, -0.25) is 5.41 Å². The van der Waals surface area contributed by atoms with Gasteiger partial charge in [0.1, 0.15) is 0 Å². The molecule has 0 heterocycles. The third kappa shape index (κ3) is 5.16. The zero-order chi connectivity index (χ0) is 11.8. The minimum absolute atomic E-state index is 0.130. The highest BCUT2D eigenvalue weighted by molar-refractivity contribution is 8.13. The molecule has 0 aliphatic heterocycles. The highest BCUT2D eigenvalue weighted by Gasteiger charge is 2.05. The second kappa shape index (κ2) is 7.27. The first-order chi connectivity index (χ1) is 7.70. The molecule has 0 aliphatic rings. The number of hydrogen-bond donors (Lipinski definition) is 4. The van der Waals surface area contributed by atoms with Crippen molar-refractivity contribution in [3.63, 3.8) is 0 Å². The van der Waals surface area contributed by atoms with Crippen LogP contribution in [0.3, 0.4) is 0 Å². The van der Waals surface area contributed by atoms with E-state index in [0.29, 0.717) is 6.54 Å². The fraction of sp³-hybridized carbons (Fsp3) is 0.364. The van der Waals surface area contributed by atoms with Crippen molar-refractivity contribution in [3.8, 4) is 0 Å². The summed E-state index contributed by atoms with van der Waals surface area (Å²) < 4.78 is 0. The summed E-state index contributed by atoms with van der Waals surface area (Å²) in [6.45, 7) is 1.25. The van der Waals surface area contributed by atoms with Crippen molar-refractivity contribution in [2.45, 2.75) is 6.10 Å². The molecule has 0 bridgehead atoms. The number of aliphatic hydroxyl groups is 1. The van der Waals surface area contributed by atoms with Crippen molar-refractivity contribution in [2.75, 3.05) is 18.8 Å². The molecule has 1 atom stereocenters. The summed E-state index contributed by atoms with van der Waals surface area (Å²) in [5.41, 5.74) is 6.11. The van der Waals surface area contributed by atoms with Gasteiger partial charge in [-0.15, -0.1) is 0 Å². The minimum Gasteiger partial charge on any atom is -0.387 e. The predicted octanol–water partition coefficient (Wildman–Crippen LogP) is 0.936. The van der Waals surface area contributed by atoms with Crippen molar-refractivity contribution < 1.29 is 5.11 Å². The summed E-state index contributed by atoms with van der Waals surface area (Å²) in [7, 11) is 0. The highest BCUT2D eigenvalue weighted by atomic mass is 32.2. The van der Waals surface area contributed by atoms with Crippen LogP contribution in [0.1, 0.15) is 11.7 Å². The average molecular weight is 239 g/mol. The molecule has 0 spiro atoms. The zero-order valence-corrected chi connectivity index (χ0v) is 9.83. The summed E-state index contributed by atoms with van der Waals surface area (Å²) in [5, 5.41) is 20.1. The average Bonchev–Trinajstić information content (AvgIpc) is 2.29. The van der Waals surface area contributed by atoms with Gasteiger partial charge in [0.05, 0.1) is 6.10 Å². The Bertz CT molecular complexity index is 318. The Hall–Kier alpha value is -1.04. The Balaban J connectivity index is 2.16. The third-order valence-corrected chi connectivity index (χ3v) is 2.78. The van der Waals surface area contributed by atoms with Crippen molar-refractivity contribution in [3.05, 3.63) is 35.9 Å². The van der Waals surface area contributed by atoms with Gasteiger partial charge in [-0.25, -0.2) is 0 Å². The van der Waals surface area contributed by atoms with E-state index in [2.05, 4.69) is 5.32 Å². The van der Waals surface area contributed by atoms with Crippen molar-refractivity contribution in [1.82, 2.24) is 5.32 Å². The van der Waals surface area contributed by atoms with Crippen molar-refractivity contribution in [2.24, 2.45) is 5.73 Å². The van der Waals surface area contributed by atoms with Gasteiger partial charge >= 0.3 is 0 Å². The fourth-order valence-corrected chi connectivity index (χ4v) is 1.73. The lowest BCUT2D eigenvalue weighted by molar-refractivity contribution is 0.176. The SMILES string of the molecule is N=C(N)SCCNCC(O)c1ccccc1. The van der Waals surface area contributed by atoms with E-state index in [0.717, 1.165) is 17.9 Å². The topological polar surface area (TPSA) is 82.1 Å². The van der Waals surface area contributed by atoms with Crippen molar-refractivity contribution in [1.29, 1.82) is 5.41 Å². The minimum atomic E-state index is -0.483. The number of benzene rings is 1. The van der Waals surface area contributed by atoms with Gasteiger partial charge in [-0.05, 0) is 5.56 Å². The van der Waals surface area contributed by atoms with Gasteiger partial charge in [0.2, 0.25) is 0 Å². The zero-order valence-electron chi connectivity index (χ0n) is 9.02. The molecular formula is C11H17N3OS. The summed E-state index contributed by atoms with van der Waals surface area (Å²) in [6.07, 6.45) is -0.483. The normalized spacial score (nSPS) is 12.3. The van der Waals surface area contributed by atoms with E-state index in [4.69, 9.17) is 11.1 Å². The number of rotatable bonds is 6. The maximum atomic E-state index is 9.79. The van der Waals surface area contributed by atoms with Gasteiger partial charge in [-0.1, -0.05) is 42.1 Å². The van der Waals surface area contributed by atoms with Crippen LogP contribution in [-0.2, 0) is 0 Å². The van der Waals surface area contributed by atoms with Crippen LogP contribution in [0.4, 0.5) is 0 Å². The molecule has 4 nitrogen and oxygen atoms in total. The molecule has 1 rings (SSSR count). The number of thioether (sulfide) groups is 1. The van der Waals surface area contributed by atoms with Crippen LogP contribution in [0.2, 0.25) is 0 Å². The van der Waals surface area contributed by atoms with Crippen LogP contribution in [0.25, 0.3) is 0 Å². The molecule has 1 aromatic rings.